The number of aromatic amines is 1. The first-order valence-electron chi connectivity index (χ1n) is 8.67. The highest BCUT2D eigenvalue weighted by molar-refractivity contribution is 6.31. The van der Waals surface area contributed by atoms with E-state index in [1.54, 1.807) is 0 Å². The minimum absolute atomic E-state index is 0.210. The first kappa shape index (κ1) is 16.5. The largest absolute Gasteiger partial charge is 0.468 e. The molecular formula is C20H17ClN2O4. The van der Waals surface area contributed by atoms with Crippen molar-refractivity contribution in [3.05, 3.63) is 58.2 Å². The number of benzene rings is 2. The lowest BCUT2D eigenvalue weighted by Crippen LogP contribution is -2.45. The maximum atomic E-state index is 12.3. The van der Waals surface area contributed by atoms with Gasteiger partial charge in [-0.1, -0.05) is 17.7 Å². The second-order valence-electron chi connectivity index (χ2n) is 6.70. The Morgan fingerprint density at radius 2 is 2.04 bits per heavy atom. The Morgan fingerprint density at radius 3 is 2.89 bits per heavy atom. The van der Waals surface area contributed by atoms with Gasteiger partial charge in [0.25, 0.3) is 0 Å². The Hall–Kier alpha value is -2.70. The highest BCUT2D eigenvalue weighted by Gasteiger charge is 2.35. The van der Waals surface area contributed by atoms with E-state index < -0.39 is 6.04 Å². The molecule has 2 N–H and O–H groups in total. The van der Waals surface area contributed by atoms with E-state index in [-0.39, 0.29) is 18.8 Å². The molecule has 0 saturated carbocycles. The van der Waals surface area contributed by atoms with Gasteiger partial charge in [-0.05, 0) is 41.5 Å². The minimum atomic E-state index is -0.448. The zero-order chi connectivity index (χ0) is 18.5. The first-order valence-corrected chi connectivity index (χ1v) is 9.05. The summed E-state index contributed by atoms with van der Waals surface area (Å²) in [5.41, 5.74) is 4.06. The van der Waals surface area contributed by atoms with E-state index in [1.807, 2.05) is 36.4 Å². The molecule has 2 aliphatic heterocycles. The lowest BCUT2D eigenvalue weighted by molar-refractivity contribution is -0.143. The van der Waals surface area contributed by atoms with Gasteiger partial charge in [0.1, 0.15) is 6.04 Å². The van der Waals surface area contributed by atoms with Gasteiger partial charge in [0.15, 0.2) is 11.5 Å². The number of rotatable bonds is 2. The number of ether oxygens (including phenoxy) is 3. The van der Waals surface area contributed by atoms with Crippen LogP contribution in [-0.4, -0.2) is 30.9 Å². The number of hydrogen-bond donors (Lipinski definition) is 2. The zero-order valence-corrected chi connectivity index (χ0v) is 15.3. The summed E-state index contributed by atoms with van der Waals surface area (Å²) in [6.07, 6.45) is 0.531. The number of fused-ring (bicyclic) bond motifs is 4. The SMILES string of the molecule is COC(=O)C1Cc2c([nH]c3ccc(Cl)cc23)C(c2ccc3c(c2)OCO3)N1. The van der Waals surface area contributed by atoms with Crippen LogP contribution in [0.3, 0.4) is 0 Å². The van der Waals surface area contributed by atoms with Gasteiger partial charge in [0.05, 0.1) is 13.2 Å². The molecule has 0 fully saturated rings. The predicted molar refractivity (Wildman–Crippen MR) is 100 cm³/mol. The maximum absolute atomic E-state index is 12.3. The number of H-pyrrole nitrogens is 1. The van der Waals surface area contributed by atoms with E-state index >= 15 is 0 Å². The molecule has 138 valence electrons. The van der Waals surface area contributed by atoms with Crippen LogP contribution in [0.25, 0.3) is 10.9 Å². The van der Waals surface area contributed by atoms with Crippen LogP contribution in [0.5, 0.6) is 11.5 Å². The van der Waals surface area contributed by atoms with Crippen molar-refractivity contribution in [2.75, 3.05) is 13.9 Å². The monoisotopic (exact) mass is 384 g/mol. The molecule has 2 unspecified atom stereocenters. The molecule has 0 radical (unpaired) electrons. The van der Waals surface area contributed by atoms with Crippen molar-refractivity contribution in [1.82, 2.24) is 10.3 Å². The van der Waals surface area contributed by atoms with Crippen LogP contribution in [0, 0.1) is 0 Å². The van der Waals surface area contributed by atoms with Gasteiger partial charge < -0.3 is 19.2 Å². The van der Waals surface area contributed by atoms with Gasteiger partial charge in [-0.15, -0.1) is 0 Å². The number of methoxy groups -OCH3 is 1. The molecule has 5 rings (SSSR count). The zero-order valence-electron chi connectivity index (χ0n) is 14.5. The summed E-state index contributed by atoms with van der Waals surface area (Å²) in [4.78, 5) is 15.8. The Kier molecular flexibility index (Phi) is 3.77. The third-order valence-electron chi connectivity index (χ3n) is 5.18. The molecule has 6 nitrogen and oxygen atoms in total. The normalized spacial score (nSPS) is 20.5. The number of carbonyl (C=O) groups excluding carboxylic acids is 1. The number of nitrogens with one attached hydrogen (secondary N) is 2. The number of esters is 1. The summed E-state index contributed by atoms with van der Waals surface area (Å²) < 4.78 is 15.9. The molecule has 0 saturated heterocycles. The number of hydrogen-bond acceptors (Lipinski definition) is 5. The van der Waals surface area contributed by atoms with Gasteiger partial charge in [0, 0.05) is 28.0 Å². The summed E-state index contributed by atoms with van der Waals surface area (Å²) in [7, 11) is 1.40. The molecule has 3 aromatic rings. The second-order valence-corrected chi connectivity index (χ2v) is 7.14. The van der Waals surface area contributed by atoms with Gasteiger partial charge in [-0.25, -0.2) is 0 Å². The van der Waals surface area contributed by atoms with E-state index in [4.69, 9.17) is 25.8 Å². The fourth-order valence-corrected chi connectivity index (χ4v) is 4.08. The Labute approximate surface area is 160 Å². The molecule has 1 aromatic heterocycles. The van der Waals surface area contributed by atoms with Gasteiger partial charge in [0.2, 0.25) is 6.79 Å². The van der Waals surface area contributed by atoms with Crippen LogP contribution >= 0.6 is 11.6 Å². The lowest BCUT2D eigenvalue weighted by Gasteiger charge is -2.30. The van der Waals surface area contributed by atoms with Crippen molar-refractivity contribution < 1.29 is 19.0 Å². The summed E-state index contributed by atoms with van der Waals surface area (Å²) >= 11 is 6.21. The van der Waals surface area contributed by atoms with Crippen molar-refractivity contribution in [2.24, 2.45) is 0 Å². The maximum Gasteiger partial charge on any atom is 0.323 e. The summed E-state index contributed by atoms with van der Waals surface area (Å²) in [5.74, 6) is 1.14. The molecule has 27 heavy (non-hydrogen) atoms. The lowest BCUT2D eigenvalue weighted by atomic mass is 9.90. The third-order valence-corrected chi connectivity index (χ3v) is 5.42. The quantitative estimate of drug-likeness (QED) is 0.663. The molecule has 0 bridgehead atoms. The molecule has 0 aliphatic carbocycles. The molecule has 2 atom stereocenters. The molecule has 2 aliphatic rings. The average molecular weight is 385 g/mol. The van der Waals surface area contributed by atoms with Crippen molar-refractivity contribution in [2.45, 2.75) is 18.5 Å². The van der Waals surface area contributed by atoms with Crippen LogP contribution in [0.4, 0.5) is 0 Å². The molecule has 0 amide bonds. The number of aromatic nitrogens is 1. The third kappa shape index (κ3) is 2.64. The minimum Gasteiger partial charge on any atom is -0.468 e. The van der Waals surface area contributed by atoms with Crippen LogP contribution in [0.2, 0.25) is 5.02 Å². The summed E-state index contributed by atoms with van der Waals surface area (Å²) in [5, 5.41) is 5.10. The van der Waals surface area contributed by atoms with E-state index in [0.29, 0.717) is 17.2 Å². The first-order chi connectivity index (χ1) is 13.1. The molecule has 3 heterocycles. The Bertz CT molecular complexity index is 1060. The molecule has 7 heteroatoms. The smallest absolute Gasteiger partial charge is 0.323 e. The Balaban J connectivity index is 1.66. The van der Waals surface area contributed by atoms with Crippen LogP contribution in [0.15, 0.2) is 36.4 Å². The van der Waals surface area contributed by atoms with E-state index in [2.05, 4.69) is 10.3 Å². The van der Waals surface area contributed by atoms with Crippen molar-refractivity contribution in [3.63, 3.8) is 0 Å². The Morgan fingerprint density at radius 1 is 1.19 bits per heavy atom. The fraction of sp³-hybridized carbons (Fsp3) is 0.250. The van der Waals surface area contributed by atoms with Gasteiger partial charge in [-0.3, -0.25) is 10.1 Å². The summed E-state index contributed by atoms with van der Waals surface area (Å²) in [6, 6.07) is 10.9. The second kappa shape index (κ2) is 6.18. The van der Waals surface area contributed by atoms with Crippen LogP contribution in [-0.2, 0) is 16.0 Å². The highest BCUT2D eigenvalue weighted by Crippen LogP contribution is 2.40. The average Bonchev–Trinajstić information content (AvgIpc) is 3.30. The molecular weight excluding hydrogens is 368 g/mol. The molecule has 0 spiro atoms. The molecule has 2 aromatic carbocycles. The van der Waals surface area contributed by atoms with Gasteiger partial charge in [-0.2, -0.15) is 0 Å². The topological polar surface area (TPSA) is 72.6 Å². The predicted octanol–water partition coefficient (Wildman–Crippen LogP) is 3.33. The van der Waals surface area contributed by atoms with Crippen molar-refractivity contribution >= 4 is 28.5 Å². The van der Waals surface area contributed by atoms with Crippen LogP contribution in [0.1, 0.15) is 22.9 Å². The number of carbonyl (C=O) groups is 1. The van der Waals surface area contributed by atoms with Crippen LogP contribution < -0.4 is 14.8 Å². The van der Waals surface area contributed by atoms with E-state index in [1.165, 1.54) is 7.11 Å². The highest BCUT2D eigenvalue weighted by atomic mass is 35.5. The van der Waals surface area contributed by atoms with E-state index in [9.17, 15) is 4.79 Å². The van der Waals surface area contributed by atoms with Gasteiger partial charge >= 0.3 is 5.97 Å². The van der Waals surface area contributed by atoms with Crippen molar-refractivity contribution in [1.29, 1.82) is 0 Å². The standard InChI is InChI=1S/C20H17ClN2O4/c1-25-20(24)15-8-13-12-7-11(21)3-4-14(12)22-19(13)18(23-15)10-2-5-16-17(6-10)27-9-26-16/h2-7,15,18,22-23H,8-9H2,1H3. The summed E-state index contributed by atoms with van der Waals surface area (Å²) in [6.45, 7) is 0.220. The van der Waals surface area contributed by atoms with E-state index in [0.717, 1.165) is 33.5 Å². The van der Waals surface area contributed by atoms with Crippen molar-refractivity contribution in [3.8, 4) is 11.5 Å². The fourth-order valence-electron chi connectivity index (χ4n) is 3.90. The number of halogens is 1.